The van der Waals surface area contributed by atoms with E-state index in [-0.39, 0.29) is 30.0 Å². The van der Waals surface area contributed by atoms with E-state index in [4.69, 9.17) is 4.98 Å². The second kappa shape index (κ2) is 14.7. The molecule has 2 aromatic carbocycles. The van der Waals surface area contributed by atoms with Crippen LogP contribution in [0.3, 0.4) is 0 Å². The number of pyridine rings is 2. The van der Waals surface area contributed by atoms with Crippen LogP contribution in [-0.4, -0.2) is 87.0 Å². The van der Waals surface area contributed by atoms with Gasteiger partial charge in [0.1, 0.15) is 10.9 Å². The molecule has 1 unspecified atom stereocenters. The second-order valence-corrected chi connectivity index (χ2v) is 17.7. The van der Waals surface area contributed by atoms with Crippen LogP contribution in [-0.2, 0) is 16.6 Å². The van der Waals surface area contributed by atoms with Gasteiger partial charge in [0.05, 0.1) is 27.9 Å². The highest BCUT2D eigenvalue weighted by Crippen LogP contribution is 2.41. The highest BCUT2D eigenvalue weighted by Gasteiger charge is 2.32. The molecule has 0 aliphatic carbocycles. The second-order valence-electron chi connectivity index (χ2n) is 16.6. The van der Waals surface area contributed by atoms with Crippen LogP contribution < -0.4 is 26.5 Å². The molecule has 0 bridgehead atoms. The van der Waals surface area contributed by atoms with Gasteiger partial charge in [0.2, 0.25) is 11.8 Å². The number of nitrogens with zero attached hydrogens (tertiary/aromatic N) is 6. The van der Waals surface area contributed by atoms with Crippen molar-refractivity contribution in [3.05, 3.63) is 81.8 Å². The smallest absolute Gasteiger partial charge is 0.329 e. The van der Waals surface area contributed by atoms with Crippen LogP contribution in [0.15, 0.2) is 65.7 Å². The van der Waals surface area contributed by atoms with Crippen LogP contribution in [0.4, 0.5) is 11.4 Å². The third-order valence-electron chi connectivity index (χ3n) is 12.9. The minimum absolute atomic E-state index is 0.0218. The highest BCUT2D eigenvalue weighted by molar-refractivity contribution is 7.21. The van der Waals surface area contributed by atoms with Gasteiger partial charge in [0.15, 0.2) is 0 Å². The molecule has 4 aliphatic rings. The number of imide groups is 1. The number of imidazole rings is 1. The maximum atomic E-state index is 13.3. The lowest BCUT2D eigenvalue weighted by molar-refractivity contribution is -0.135. The fraction of sp³-hybridized carbons (Fsp3) is 0.409. The summed E-state index contributed by atoms with van der Waals surface area (Å²) in [6.45, 7) is 7.88. The molecule has 3 saturated heterocycles. The molecule has 58 heavy (non-hydrogen) atoms. The van der Waals surface area contributed by atoms with Gasteiger partial charge in [-0.2, -0.15) is 0 Å². The van der Waals surface area contributed by atoms with E-state index in [2.05, 4.69) is 73.2 Å². The zero-order valence-electron chi connectivity index (χ0n) is 32.8. The number of fused-ring (bicyclic) bond motifs is 6. The van der Waals surface area contributed by atoms with Crippen molar-refractivity contribution in [2.75, 3.05) is 49.5 Å². The summed E-state index contributed by atoms with van der Waals surface area (Å²) >= 11 is 1.53. The molecular formula is C44H47N9O4S. The average Bonchev–Trinajstić information content (AvgIpc) is 3.69. The Labute approximate surface area is 339 Å². The minimum atomic E-state index is -0.680. The number of aryl methyl sites for hydroxylation is 1. The van der Waals surface area contributed by atoms with E-state index in [1.54, 1.807) is 16.2 Å². The van der Waals surface area contributed by atoms with E-state index in [9.17, 15) is 19.2 Å². The number of carbonyl (C=O) groups excluding carboxylic acids is 3. The summed E-state index contributed by atoms with van der Waals surface area (Å²) in [5.41, 5.74) is 7.39. The third kappa shape index (κ3) is 6.51. The fourth-order valence-electron chi connectivity index (χ4n) is 9.67. The summed E-state index contributed by atoms with van der Waals surface area (Å²) in [6.07, 6.45) is 8.94. The van der Waals surface area contributed by atoms with Gasteiger partial charge in [-0.05, 0) is 118 Å². The number of hydrogen-bond acceptors (Lipinski definition) is 10. The summed E-state index contributed by atoms with van der Waals surface area (Å²) in [5, 5.41) is 11.1. The number of benzene rings is 2. The Hall–Kier alpha value is -5.60. The number of anilines is 2. The van der Waals surface area contributed by atoms with Crippen molar-refractivity contribution in [3.8, 4) is 11.3 Å². The lowest BCUT2D eigenvalue weighted by Gasteiger charge is -2.38. The normalized spacial score (nSPS) is 21.3. The first-order valence-corrected chi connectivity index (χ1v) is 21.4. The van der Waals surface area contributed by atoms with Gasteiger partial charge in [0.25, 0.3) is 5.91 Å². The van der Waals surface area contributed by atoms with Crippen LogP contribution >= 0.6 is 11.3 Å². The zero-order chi connectivity index (χ0) is 39.7. The summed E-state index contributed by atoms with van der Waals surface area (Å²) in [5.74, 6) is 0.374. The number of amides is 3. The van der Waals surface area contributed by atoms with Crippen molar-refractivity contribution in [1.82, 2.24) is 34.6 Å². The lowest BCUT2D eigenvalue weighted by atomic mass is 9.88. The van der Waals surface area contributed by atoms with Gasteiger partial charge in [0, 0.05) is 84.8 Å². The highest BCUT2D eigenvalue weighted by atomic mass is 32.1. The minimum Gasteiger partial charge on any atom is -0.381 e. The molecule has 0 saturated carbocycles. The van der Waals surface area contributed by atoms with E-state index in [0.29, 0.717) is 24.8 Å². The molecule has 10 rings (SSSR count). The van der Waals surface area contributed by atoms with Crippen LogP contribution in [0.2, 0.25) is 0 Å². The number of nitrogens with one attached hydrogen (secondary N) is 3. The predicted molar refractivity (Wildman–Crippen MR) is 228 cm³/mol. The largest absolute Gasteiger partial charge is 0.381 e. The molecule has 14 heteroatoms. The monoisotopic (exact) mass is 797 g/mol. The fourth-order valence-corrected chi connectivity index (χ4v) is 10.8. The first kappa shape index (κ1) is 36.7. The molecule has 298 valence electrons. The first-order chi connectivity index (χ1) is 28.2. The number of likely N-dealkylation sites (tertiary alicyclic amines) is 1. The van der Waals surface area contributed by atoms with Crippen LogP contribution in [0, 0.1) is 5.92 Å². The van der Waals surface area contributed by atoms with Crippen molar-refractivity contribution in [1.29, 1.82) is 0 Å². The molecule has 8 heterocycles. The first-order valence-electron chi connectivity index (χ1n) is 20.6. The van der Waals surface area contributed by atoms with Gasteiger partial charge in [-0.15, -0.1) is 11.3 Å². The molecule has 2 atom stereocenters. The van der Waals surface area contributed by atoms with Crippen LogP contribution in [0.5, 0.6) is 0 Å². The Morgan fingerprint density at radius 3 is 2.52 bits per heavy atom. The Morgan fingerprint density at radius 2 is 1.71 bits per heavy atom. The number of thiophene rings is 1. The Kier molecular flexibility index (Phi) is 9.28. The number of piperidine rings is 3. The quantitative estimate of drug-likeness (QED) is 0.179. The van der Waals surface area contributed by atoms with Crippen molar-refractivity contribution in [3.63, 3.8) is 0 Å². The summed E-state index contributed by atoms with van der Waals surface area (Å²) in [7, 11) is 1.75. The van der Waals surface area contributed by atoms with Gasteiger partial charge < -0.3 is 20.4 Å². The van der Waals surface area contributed by atoms with Crippen molar-refractivity contribution in [2.24, 2.45) is 13.0 Å². The summed E-state index contributed by atoms with van der Waals surface area (Å²) in [6, 6.07) is 16.1. The maximum absolute atomic E-state index is 13.3. The van der Waals surface area contributed by atoms with E-state index < -0.39 is 11.9 Å². The van der Waals surface area contributed by atoms with E-state index >= 15 is 0 Å². The number of carbonyl (C=O) groups is 3. The Balaban J connectivity index is 0.763. The predicted octanol–water partition coefficient (Wildman–Crippen LogP) is 5.78. The molecule has 0 radical (unpaired) electrons. The van der Waals surface area contributed by atoms with Crippen molar-refractivity contribution < 1.29 is 14.4 Å². The molecule has 3 N–H and O–H groups in total. The van der Waals surface area contributed by atoms with Gasteiger partial charge >= 0.3 is 5.69 Å². The number of aromatic nitrogens is 4. The lowest BCUT2D eigenvalue weighted by Crippen LogP contribution is -2.44. The van der Waals surface area contributed by atoms with E-state index in [1.165, 1.54) is 16.9 Å². The van der Waals surface area contributed by atoms with Crippen LogP contribution in [0.25, 0.3) is 43.3 Å². The SMILES string of the molecule is C[C@@H]1CNc2c(sc3ccc4nc(-c5cncc(C6CCN(CC7CCN(c8ccc9c(c8)n(C)c(=O)n9C8CCC(=O)NC8=O)CC7)CC6)c5)ccc4c23)C(=O)N1. The van der Waals surface area contributed by atoms with Gasteiger partial charge in [-0.25, -0.2) is 9.78 Å². The molecular weight excluding hydrogens is 751 g/mol. The standard InChI is InChI=1S/C44H47N9O4S/c1-25-21-46-40-39-31-4-5-32(48-33(31)6-9-37(39)58-41(40)43(56)47-25)29-19-28(22-45-23-29)27-13-15-51(16-14-27)24-26-11-17-52(18-12-26)30-3-7-34-36(20-30)50(2)44(57)53(34)35-8-10-38(54)49-42(35)55/h3-7,9,19-20,22-23,25-27,35,46H,8,10-18,21,24H2,1-2H3,(H,47,56)(H,49,54,55)/t25-,35?/m1/s1. The number of rotatable bonds is 6. The van der Waals surface area contributed by atoms with Crippen molar-refractivity contribution >= 4 is 72.5 Å². The van der Waals surface area contributed by atoms with Gasteiger partial charge in [-0.1, -0.05) is 0 Å². The Morgan fingerprint density at radius 1 is 0.879 bits per heavy atom. The molecule has 6 aromatic rings. The Bertz CT molecular complexity index is 2680. The molecule has 0 spiro atoms. The third-order valence-corrected chi connectivity index (χ3v) is 14.0. The average molecular weight is 798 g/mol. The zero-order valence-corrected chi connectivity index (χ0v) is 33.6. The molecule has 13 nitrogen and oxygen atoms in total. The van der Waals surface area contributed by atoms with E-state index in [0.717, 1.165) is 118 Å². The maximum Gasteiger partial charge on any atom is 0.329 e. The molecule has 3 fully saturated rings. The molecule has 4 aromatic heterocycles. The van der Waals surface area contributed by atoms with Crippen LogP contribution in [0.1, 0.15) is 72.6 Å². The van der Waals surface area contributed by atoms with Gasteiger partial charge in [-0.3, -0.25) is 33.8 Å². The van der Waals surface area contributed by atoms with E-state index in [1.807, 2.05) is 25.4 Å². The summed E-state index contributed by atoms with van der Waals surface area (Å²) in [4.78, 5) is 66.1. The topological polar surface area (TPSA) is 146 Å². The molecule has 4 aliphatic heterocycles. The number of hydrogen-bond donors (Lipinski definition) is 3. The summed E-state index contributed by atoms with van der Waals surface area (Å²) < 4.78 is 4.23. The molecule has 3 amide bonds. The van der Waals surface area contributed by atoms with Crippen molar-refractivity contribution in [2.45, 2.75) is 63.5 Å².